The summed E-state index contributed by atoms with van der Waals surface area (Å²) in [6.45, 7) is 23.9. The second-order valence-corrected chi connectivity index (χ2v) is 33.2. The Hall–Kier alpha value is 2.02. The number of carbonyl (C=O) groups excluding carboxylic acids is 2. The van der Waals surface area contributed by atoms with Crippen LogP contribution in [-0.2, 0) is 82.1 Å². The second kappa shape index (κ2) is 27.0. The number of hydrogen-bond acceptors (Lipinski definition) is 21. The van der Waals surface area contributed by atoms with E-state index in [4.69, 9.17) is 30.9 Å². The second-order valence-electron chi connectivity index (χ2n) is 29.2. The van der Waals surface area contributed by atoms with Crippen LogP contribution in [0.4, 0.5) is 0 Å². The first kappa shape index (κ1) is 78.0. The maximum Gasteiger partial charge on any atom is 1.00 e. The SMILES string of the molecule is CC(=O)O[C@@H]1[C@H](C)[C@@H]2[C@@H](OS(=O)(=O)[O-])CC3=C(CC[C@]4(C)[C@@H]([C@H](C)[C@H]5C[C@H]6C[C@](C)(OC6(C)C)[C@H](CC[C@@H](C)[C@H]6CC[C@H]7C8=C(CC[C@]67C)[C@@]6(C)C[C@@H](OS(=O)(=O)[O-])C(=O)[C@@H](C)[C@@H]6[C@@H](OS(=O)(=O)[O-])C8)O5)CC[C@@H]34)[C@@]2(C)C[C@@H]1OS(=O)(=O)[O-].[Na+].[Na+].[Na+].[Na+]. The van der Waals surface area contributed by atoms with E-state index in [2.05, 4.69) is 48.5 Å². The first-order chi connectivity index (χ1) is 38.0. The number of ether oxygens (including phenoxy) is 3. The van der Waals surface area contributed by atoms with E-state index in [1.807, 2.05) is 13.8 Å². The van der Waals surface area contributed by atoms with Crippen molar-refractivity contribution >= 4 is 53.3 Å². The zero-order valence-corrected chi connectivity index (χ0v) is 65.2. The largest absolute Gasteiger partial charge is 1.00 e. The van der Waals surface area contributed by atoms with Gasteiger partial charge in [-0.05, 0) is 187 Å². The molecule has 6 fully saturated rings. The van der Waals surface area contributed by atoms with E-state index >= 15 is 0 Å². The molecule has 10 aliphatic rings. The normalized spacial score (nSPS) is 43.8. The number of fused-ring (bicyclic) bond motifs is 10. The molecular weight excluding hydrogens is 1250 g/mol. The quantitative estimate of drug-likeness (QED) is 0.0497. The Labute approximate surface area is 605 Å². The van der Waals surface area contributed by atoms with Crippen LogP contribution in [-0.4, -0.2) is 118 Å². The van der Waals surface area contributed by atoms with Crippen molar-refractivity contribution in [3.63, 3.8) is 0 Å². The minimum absolute atomic E-state index is 0. The van der Waals surface area contributed by atoms with Crippen molar-refractivity contribution in [2.75, 3.05) is 0 Å². The molecule has 0 aromatic carbocycles. The van der Waals surface area contributed by atoms with Crippen molar-refractivity contribution in [3.05, 3.63) is 22.3 Å². The molecule has 10 rings (SSSR count). The Balaban J connectivity index is 0.00000302. The van der Waals surface area contributed by atoms with Gasteiger partial charge >= 0.3 is 124 Å². The fraction of sp³-hybridized carbons (Fsp3) is 0.897. The fourth-order valence-corrected chi connectivity index (χ4v) is 23.4. The third kappa shape index (κ3) is 14.8. The third-order valence-corrected chi connectivity index (χ3v) is 26.4. The Morgan fingerprint density at radius 3 is 1.62 bits per heavy atom. The topological polar surface area (TPSA) is 328 Å². The van der Waals surface area contributed by atoms with Crippen molar-refractivity contribution in [2.24, 2.45) is 86.8 Å². The van der Waals surface area contributed by atoms with Crippen molar-refractivity contribution in [2.45, 2.75) is 240 Å². The Bertz CT molecular complexity index is 3170. The molecule has 0 radical (unpaired) electrons. The molecule has 87 heavy (non-hydrogen) atoms. The molecule has 0 unspecified atom stereocenters. The van der Waals surface area contributed by atoms with E-state index < -0.39 is 130 Å². The van der Waals surface area contributed by atoms with Gasteiger partial charge in [-0.15, -0.1) is 0 Å². The summed E-state index contributed by atoms with van der Waals surface area (Å²) in [6, 6.07) is 0. The first-order valence-electron chi connectivity index (χ1n) is 30.1. The van der Waals surface area contributed by atoms with Gasteiger partial charge in [0, 0.05) is 30.6 Å². The minimum atomic E-state index is -5.28. The average Bonchev–Trinajstić information content (AvgIpc) is 1.61. The van der Waals surface area contributed by atoms with E-state index in [-0.39, 0.29) is 208 Å². The average molecular weight is 1340 g/mol. The zero-order chi connectivity index (χ0) is 61.1. The smallest absolute Gasteiger partial charge is 0.726 e. The summed E-state index contributed by atoms with van der Waals surface area (Å²) in [4.78, 5) is 26.0. The standard InChI is InChI=1S/C58H90O21S4.4Na/c1-29(37-14-16-39-35-24-44(75-80(61,62)63)49-31(3)51(60)46(77-82(67,68)69)27-56(49,10)41(35)19-21-54(37,39)8)13-18-48-58(12)26-34(53(6,7)79-58)23-43(74-48)30(2)38-15-17-40-36-25-45(76-81(64,65)66)50-32(4)52(73-33(5)59)47(78-83(70,71)72)28-57(50,11)42(36)20-22-55(38,40)9;;;;/h29-32,34,37-40,43-50,52H,13-28H2,1-12H3,(H,61,62,63)(H,64,65,66)(H,67,68,69)(H,70,71,72);;;;/q;4*+1/p-4/t29-,30+,31+,32-,34+,37-,38-,39+,40+,43-,44+,45+,46-,47+,48+,49-,50-,52-,54-,55-,56-,57-,58+;;;;/m1..../s1. The number of rotatable bonds is 15. The molecule has 2 saturated heterocycles. The molecule has 4 saturated carbocycles. The summed E-state index contributed by atoms with van der Waals surface area (Å²) < 4.78 is 188. The summed E-state index contributed by atoms with van der Waals surface area (Å²) in [7, 11) is -21.0. The van der Waals surface area contributed by atoms with E-state index in [1.165, 1.54) is 0 Å². The minimum Gasteiger partial charge on any atom is -0.726 e. The number of esters is 1. The van der Waals surface area contributed by atoms with Gasteiger partial charge in [-0.1, -0.05) is 77.7 Å². The van der Waals surface area contributed by atoms with E-state index in [1.54, 1.807) is 13.8 Å². The van der Waals surface area contributed by atoms with Crippen LogP contribution in [0.25, 0.3) is 0 Å². The van der Waals surface area contributed by atoms with E-state index in [0.29, 0.717) is 12.8 Å². The number of hydrogen-bond donors (Lipinski definition) is 0. The fourth-order valence-electron chi connectivity index (χ4n) is 21.4. The Morgan fingerprint density at radius 2 is 1.11 bits per heavy atom. The zero-order valence-electron chi connectivity index (χ0n) is 53.9. The summed E-state index contributed by atoms with van der Waals surface area (Å²) in [5.74, 6) is -3.79. The molecule has 0 aromatic rings. The van der Waals surface area contributed by atoms with Gasteiger partial charge in [-0.3, -0.25) is 26.3 Å². The third-order valence-electron chi connectivity index (χ3n) is 24.5. The van der Waals surface area contributed by atoms with Crippen LogP contribution < -0.4 is 118 Å². The molecule has 472 valence electrons. The predicted octanol–water partition coefficient (Wildman–Crippen LogP) is -3.95. The Morgan fingerprint density at radius 1 is 0.644 bits per heavy atom. The van der Waals surface area contributed by atoms with Crippen LogP contribution in [0.1, 0.15) is 186 Å². The molecule has 2 heterocycles. The predicted molar refractivity (Wildman–Crippen MR) is 293 cm³/mol. The summed E-state index contributed by atoms with van der Waals surface area (Å²) in [5, 5.41) is 0. The maximum absolute atomic E-state index is 13.6. The Kier molecular flexibility index (Phi) is 24.2. The van der Waals surface area contributed by atoms with Crippen LogP contribution in [0, 0.1) is 86.8 Å². The van der Waals surface area contributed by atoms with Gasteiger partial charge in [-0.2, -0.15) is 0 Å². The van der Waals surface area contributed by atoms with Crippen LogP contribution in [0.2, 0.25) is 0 Å². The van der Waals surface area contributed by atoms with E-state index in [0.717, 1.165) is 93.4 Å². The monoisotopic (exact) mass is 1340 g/mol. The van der Waals surface area contributed by atoms with Gasteiger partial charge in [0.25, 0.3) is 0 Å². The van der Waals surface area contributed by atoms with Gasteiger partial charge in [0.15, 0.2) is 5.78 Å². The molecule has 2 bridgehead atoms. The van der Waals surface area contributed by atoms with E-state index in [9.17, 15) is 61.5 Å². The molecule has 2 aliphatic heterocycles. The number of allylic oxidation sites excluding steroid dienone is 2. The van der Waals surface area contributed by atoms with Gasteiger partial charge in [-0.25, -0.2) is 33.7 Å². The number of carbonyl (C=O) groups is 2. The van der Waals surface area contributed by atoms with Gasteiger partial charge in [0.1, 0.15) is 18.3 Å². The summed E-state index contributed by atoms with van der Waals surface area (Å²) in [5.41, 5.74) is 0.473. The van der Waals surface area contributed by atoms with Crippen LogP contribution in [0.3, 0.4) is 0 Å². The molecular formula is C58H86Na4O21S4. The van der Waals surface area contributed by atoms with Crippen LogP contribution in [0.15, 0.2) is 22.3 Å². The van der Waals surface area contributed by atoms with Crippen LogP contribution in [0.5, 0.6) is 0 Å². The molecule has 29 heteroatoms. The van der Waals surface area contributed by atoms with Gasteiger partial charge in [0.05, 0.1) is 35.6 Å². The number of ketones is 1. The summed E-state index contributed by atoms with van der Waals surface area (Å²) in [6.07, 6.45) is 2.31. The van der Waals surface area contributed by atoms with Crippen molar-refractivity contribution in [1.29, 1.82) is 0 Å². The van der Waals surface area contributed by atoms with Crippen molar-refractivity contribution < 1.29 is 211 Å². The maximum atomic E-state index is 13.6. The molecule has 0 spiro atoms. The van der Waals surface area contributed by atoms with Crippen LogP contribution >= 0.6 is 0 Å². The summed E-state index contributed by atoms with van der Waals surface area (Å²) >= 11 is 0. The van der Waals surface area contributed by atoms with Crippen molar-refractivity contribution in [3.8, 4) is 0 Å². The van der Waals surface area contributed by atoms with Gasteiger partial charge < -0.3 is 32.4 Å². The molecule has 0 aromatic heterocycles. The van der Waals surface area contributed by atoms with Crippen molar-refractivity contribution in [1.82, 2.24) is 0 Å². The molecule has 23 atom stereocenters. The molecule has 8 aliphatic carbocycles. The van der Waals surface area contributed by atoms with Gasteiger partial charge in [0.2, 0.25) is 41.6 Å². The molecule has 0 N–H and O–H groups in total. The molecule has 21 nitrogen and oxygen atoms in total. The number of Topliss-reactive ketones (excluding diaryl/α,β-unsaturated/α-hetero) is 1. The molecule has 0 amide bonds. The first-order valence-corrected chi connectivity index (χ1v) is 35.4.